The van der Waals surface area contributed by atoms with Gasteiger partial charge in [-0.1, -0.05) is 12.1 Å². The molecule has 0 aromatic heterocycles. The summed E-state index contributed by atoms with van der Waals surface area (Å²) >= 11 is 5.66. The van der Waals surface area contributed by atoms with Gasteiger partial charge in [-0.2, -0.15) is 0 Å². The first-order valence-electron chi connectivity index (χ1n) is 6.32. The summed E-state index contributed by atoms with van der Waals surface area (Å²) in [4.78, 5) is 12.0. The molecule has 0 aliphatic rings. The molecule has 1 N–H and O–H groups in total. The van der Waals surface area contributed by atoms with E-state index in [0.717, 1.165) is 12.0 Å². The van der Waals surface area contributed by atoms with Crippen molar-refractivity contribution in [3.63, 3.8) is 0 Å². The molecular formula is C16H15ClFNO. The molecule has 4 heteroatoms. The number of benzene rings is 2. The molecular weight excluding hydrogens is 277 g/mol. The normalized spacial score (nSPS) is 10.3. The molecule has 0 spiro atoms. The lowest BCUT2D eigenvalue weighted by Gasteiger charge is -2.07. The summed E-state index contributed by atoms with van der Waals surface area (Å²) in [6.07, 6.45) is 0.791. The van der Waals surface area contributed by atoms with Crippen LogP contribution in [0.1, 0.15) is 21.5 Å². The lowest BCUT2D eigenvalue weighted by atomic mass is 10.1. The molecule has 2 rings (SSSR count). The van der Waals surface area contributed by atoms with Crippen molar-refractivity contribution in [2.75, 3.05) is 11.2 Å². The van der Waals surface area contributed by atoms with Crippen molar-refractivity contribution >= 4 is 23.2 Å². The van der Waals surface area contributed by atoms with Crippen LogP contribution >= 0.6 is 11.6 Å². The van der Waals surface area contributed by atoms with E-state index in [1.807, 2.05) is 24.3 Å². The minimum Gasteiger partial charge on any atom is -0.322 e. The van der Waals surface area contributed by atoms with Crippen LogP contribution < -0.4 is 5.32 Å². The molecule has 0 radical (unpaired) electrons. The number of hydrogen-bond donors (Lipinski definition) is 1. The van der Waals surface area contributed by atoms with E-state index in [0.29, 0.717) is 22.7 Å². The zero-order chi connectivity index (χ0) is 14.5. The van der Waals surface area contributed by atoms with Crippen molar-refractivity contribution in [3.05, 3.63) is 65.0 Å². The van der Waals surface area contributed by atoms with Gasteiger partial charge in [0.15, 0.2) is 0 Å². The minimum atomic E-state index is -0.410. The van der Waals surface area contributed by atoms with E-state index in [2.05, 4.69) is 5.32 Å². The first kappa shape index (κ1) is 14.5. The minimum absolute atomic E-state index is 0.312. The van der Waals surface area contributed by atoms with Crippen LogP contribution in [-0.2, 0) is 6.42 Å². The van der Waals surface area contributed by atoms with Gasteiger partial charge in [-0.05, 0) is 54.8 Å². The number of rotatable bonds is 4. The van der Waals surface area contributed by atoms with Crippen molar-refractivity contribution in [2.24, 2.45) is 0 Å². The van der Waals surface area contributed by atoms with Gasteiger partial charge in [0, 0.05) is 17.1 Å². The summed E-state index contributed by atoms with van der Waals surface area (Å²) < 4.78 is 13.3. The zero-order valence-corrected chi connectivity index (χ0v) is 11.9. The van der Waals surface area contributed by atoms with Gasteiger partial charge in [-0.25, -0.2) is 4.39 Å². The summed E-state index contributed by atoms with van der Waals surface area (Å²) in [5.74, 6) is -0.167. The summed E-state index contributed by atoms with van der Waals surface area (Å²) in [6.45, 7) is 1.75. The lowest BCUT2D eigenvalue weighted by molar-refractivity contribution is 0.102. The molecule has 1 amide bonds. The number of carbonyl (C=O) groups excluding carboxylic acids is 1. The first-order chi connectivity index (χ1) is 9.58. The highest BCUT2D eigenvalue weighted by atomic mass is 35.5. The molecule has 104 valence electrons. The Morgan fingerprint density at radius 1 is 1.20 bits per heavy atom. The Labute approximate surface area is 122 Å². The van der Waals surface area contributed by atoms with E-state index < -0.39 is 5.82 Å². The number of hydrogen-bond acceptors (Lipinski definition) is 1. The Bertz CT molecular complexity index is 590. The second-order valence-corrected chi connectivity index (χ2v) is 4.99. The number of carbonyl (C=O) groups is 1. The highest BCUT2D eigenvalue weighted by molar-refractivity contribution is 6.18. The van der Waals surface area contributed by atoms with E-state index in [9.17, 15) is 9.18 Å². The average molecular weight is 292 g/mol. The maximum absolute atomic E-state index is 13.3. The van der Waals surface area contributed by atoms with E-state index in [1.165, 1.54) is 12.1 Å². The van der Waals surface area contributed by atoms with Gasteiger partial charge in [-0.3, -0.25) is 4.79 Å². The first-order valence-corrected chi connectivity index (χ1v) is 6.85. The van der Waals surface area contributed by atoms with Crippen LogP contribution in [0.4, 0.5) is 10.1 Å². The zero-order valence-electron chi connectivity index (χ0n) is 11.1. The highest BCUT2D eigenvalue weighted by Gasteiger charge is 2.08. The fraction of sp³-hybridized carbons (Fsp3) is 0.188. The molecule has 0 unspecified atom stereocenters. The largest absolute Gasteiger partial charge is 0.322 e. The third-order valence-electron chi connectivity index (χ3n) is 2.90. The lowest BCUT2D eigenvalue weighted by Crippen LogP contribution is -2.12. The maximum atomic E-state index is 13.3. The summed E-state index contributed by atoms with van der Waals surface area (Å²) in [6, 6.07) is 11.7. The summed E-state index contributed by atoms with van der Waals surface area (Å²) in [5.41, 5.74) is 2.81. The predicted octanol–water partition coefficient (Wildman–Crippen LogP) is 4.17. The molecule has 0 aliphatic carbocycles. The number of halogens is 2. The van der Waals surface area contributed by atoms with Crippen LogP contribution in [0.15, 0.2) is 42.5 Å². The molecule has 2 aromatic rings. The SMILES string of the molecule is Cc1cc(F)cc(C(=O)Nc2ccc(CCCl)cc2)c1. The van der Waals surface area contributed by atoms with E-state index in [-0.39, 0.29) is 5.91 Å². The molecule has 0 fully saturated rings. The Hall–Kier alpha value is -1.87. The fourth-order valence-electron chi connectivity index (χ4n) is 1.93. The molecule has 20 heavy (non-hydrogen) atoms. The van der Waals surface area contributed by atoms with Gasteiger partial charge in [0.2, 0.25) is 0 Å². The third-order valence-corrected chi connectivity index (χ3v) is 3.09. The monoisotopic (exact) mass is 291 g/mol. The fourth-order valence-corrected chi connectivity index (χ4v) is 2.15. The van der Waals surface area contributed by atoms with Crippen molar-refractivity contribution in [2.45, 2.75) is 13.3 Å². The Balaban J connectivity index is 2.10. The van der Waals surface area contributed by atoms with Gasteiger partial charge in [0.25, 0.3) is 5.91 Å². The van der Waals surface area contributed by atoms with Gasteiger partial charge >= 0.3 is 0 Å². The molecule has 0 aliphatic heterocycles. The second-order valence-electron chi connectivity index (χ2n) is 4.61. The smallest absolute Gasteiger partial charge is 0.255 e. The van der Waals surface area contributed by atoms with Crippen LogP contribution in [-0.4, -0.2) is 11.8 Å². The molecule has 0 bridgehead atoms. The average Bonchev–Trinajstić information content (AvgIpc) is 2.40. The van der Waals surface area contributed by atoms with Crippen LogP contribution in [0.25, 0.3) is 0 Å². The van der Waals surface area contributed by atoms with Crippen molar-refractivity contribution in [3.8, 4) is 0 Å². The number of nitrogens with one attached hydrogen (secondary N) is 1. The van der Waals surface area contributed by atoms with Gasteiger partial charge in [0.1, 0.15) is 5.82 Å². The predicted molar refractivity (Wildman–Crippen MR) is 80.0 cm³/mol. The topological polar surface area (TPSA) is 29.1 Å². The molecule has 2 nitrogen and oxygen atoms in total. The highest BCUT2D eigenvalue weighted by Crippen LogP contribution is 2.14. The third kappa shape index (κ3) is 3.81. The van der Waals surface area contributed by atoms with Crippen LogP contribution in [0.3, 0.4) is 0 Å². The summed E-state index contributed by atoms with van der Waals surface area (Å²) in [5, 5.41) is 2.74. The van der Waals surface area contributed by atoms with Crippen LogP contribution in [0.5, 0.6) is 0 Å². The van der Waals surface area contributed by atoms with Crippen molar-refractivity contribution < 1.29 is 9.18 Å². The number of amides is 1. The maximum Gasteiger partial charge on any atom is 0.255 e. The van der Waals surface area contributed by atoms with Gasteiger partial charge < -0.3 is 5.32 Å². The second kappa shape index (κ2) is 6.53. The Morgan fingerprint density at radius 3 is 2.50 bits per heavy atom. The molecule has 0 heterocycles. The molecule has 0 saturated carbocycles. The molecule has 0 saturated heterocycles. The quantitative estimate of drug-likeness (QED) is 0.842. The number of anilines is 1. The number of aryl methyl sites for hydroxylation is 2. The number of alkyl halides is 1. The Morgan fingerprint density at radius 2 is 1.90 bits per heavy atom. The Kier molecular flexibility index (Phi) is 4.74. The standard InChI is InChI=1S/C16H15ClFNO/c1-11-8-13(10-14(18)9-11)16(20)19-15-4-2-12(3-5-15)6-7-17/h2-5,8-10H,6-7H2,1H3,(H,19,20). The van der Waals surface area contributed by atoms with Gasteiger partial charge in [0.05, 0.1) is 0 Å². The van der Waals surface area contributed by atoms with Crippen LogP contribution in [0, 0.1) is 12.7 Å². The van der Waals surface area contributed by atoms with E-state index in [4.69, 9.17) is 11.6 Å². The summed E-state index contributed by atoms with van der Waals surface area (Å²) in [7, 11) is 0. The van der Waals surface area contributed by atoms with Gasteiger partial charge in [-0.15, -0.1) is 11.6 Å². The van der Waals surface area contributed by atoms with Crippen LogP contribution in [0.2, 0.25) is 0 Å². The van der Waals surface area contributed by atoms with E-state index >= 15 is 0 Å². The molecule has 0 atom stereocenters. The van der Waals surface area contributed by atoms with Crippen molar-refractivity contribution in [1.29, 1.82) is 0 Å². The van der Waals surface area contributed by atoms with E-state index in [1.54, 1.807) is 13.0 Å². The van der Waals surface area contributed by atoms with Crippen molar-refractivity contribution in [1.82, 2.24) is 0 Å². The molecule has 2 aromatic carbocycles.